The van der Waals surface area contributed by atoms with Crippen molar-refractivity contribution in [1.29, 1.82) is 0 Å². The maximum Gasteiger partial charge on any atom is 0.148 e. The van der Waals surface area contributed by atoms with Crippen molar-refractivity contribution in [3.05, 3.63) is 34.5 Å². The van der Waals surface area contributed by atoms with E-state index in [9.17, 15) is 0 Å². The topological polar surface area (TPSA) is 39.2 Å². The SMILES string of the molecule is CCCCCCCC(N)c1cc2cccc(Br)c2o1. The van der Waals surface area contributed by atoms with Gasteiger partial charge < -0.3 is 10.2 Å². The molecular formula is C16H22BrNO. The van der Waals surface area contributed by atoms with Gasteiger partial charge in [0.15, 0.2) is 0 Å². The van der Waals surface area contributed by atoms with Crippen LogP contribution in [0.5, 0.6) is 0 Å². The second-order valence-corrected chi connectivity index (χ2v) is 5.97. The zero-order valence-electron chi connectivity index (χ0n) is 11.5. The summed E-state index contributed by atoms with van der Waals surface area (Å²) in [5.74, 6) is 0.900. The molecule has 0 aliphatic carbocycles. The van der Waals surface area contributed by atoms with Gasteiger partial charge in [0.2, 0.25) is 0 Å². The van der Waals surface area contributed by atoms with E-state index in [-0.39, 0.29) is 6.04 Å². The molecule has 1 unspecified atom stereocenters. The summed E-state index contributed by atoms with van der Waals surface area (Å²) in [5.41, 5.74) is 7.12. The second kappa shape index (κ2) is 7.11. The first kappa shape index (κ1) is 14.6. The lowest BCUT2D eigenvalue weighted by Gasteiger charge is -2.07. The van der Waals surface area contributed by atoms with E-state index < -0.39 is 0 Å². The molecule has 2 N–H and O–H groups in total. The minimum absolute atomic E-state index is 0.0147. The van der Waals surface area contributed by atoms with Crippen LogP contribution in [0.3, 0.4) is 0 Å². The predicted octanol–water partition coefficient (Wildman–Crippen LogP) is 5.56. The molecule has 1 aromatic carbocycles. The quantitative estimate of drug-likeness (QED) is 0.678. The molecule has 0 aliphatic rings. The first-order valence-corrected chi connectivity index (χ1v) is 7.95. The molecule has 2 rings (SSSR count). The Kier molecular flexibility index (Phi) is 5.46. The maximum absolute atomic E-state index is 6.21. The molecule has 2 aromatic rings. The molecule has 1 atom stereocenters. The fourth-order valence-corrected chi connectivity index (χ4v) is 2.80. The smallest absolute Gasteiger partial charge is 0.148 e. The van der Waals surface area contributed by atoms with E-state index in [1.54, 1.807) is 0 Å². The zero-order valence-corrected chi connectivity index (χ0v) is 13.1. The van der Waals surface area contributed by atoms with E-state index >= 15 is 0 Å². The fourth-order valence-electron chi connectivity index (χ4n) is 2.34. The number of furan rings is 1. The highest BCUT2D eigenvalue weighted by molar-refractivity contribution is 9.10. The number of hydrogen-bond acceptors (Lipinski definition) is 2. The van der Waals surface area contributed by atoms with E-state index in [0.717, 1.165) is 27.6 Å². The van der Waals surface area contributed by atoms with Gasteiger partial charge in [-0.05, 0) is 34.5 Å². The van der Waals surface area contributed by atoms with Crippen molar-refractivity contribution >= 4 is 26.9 Å². The number of unbranched alkanes of at least 4 members (excludes halogenated alkanes) is 4. The van der Waals surface area contributed by atoms with E-state index in [0.29, 0.717) is 0 Å². The summed E-state index contributed by atoms with van der Waals surface area (Å²) in [7, 11) is 0. The number of hydrogen-bond donors (Lipinski definition) is 1. The molecule has 2 nitrogen and oxygen atoms in total. The van der Waals surface area contributed by atoms with Crippen LogP contribution < -0.4 is 5.73 Å². The van der Waals surface area contributed by atoms with Crippen LogP contribution in [0.15, 0.2) is 33.2 Å². The Morgan fingerprint density at radius 3 is 2.74 bits per heavy atom. The van der Waals surface area contributed by atoms with E-state index in [4.69, 9.17) is 10.2 Å². The molecule has 0 spiro atoms. The van der Waals surface area contributed by atoms with E-state index in [2.05, 4.69) is 35.0 Å². The van der Waals surface area contributed by atoms with Crippen LogP contribution in [0.4, 0.5) is 0 Å². The summed E-state index contributed by atoms with van der Waals surface area (Å²) in [4.78, 5) is 0. The Morgan fingerprint density at radius 2 is 2.00 bits per heavy atom. The number of halogens is 1. The first-order valence-electron chi connectivity index (χ1n) is 7.16. The van der Waals surface area contributed by atoms with Gasteiger partial charge in [0.1, 0.15) is 11.3 Å². The number of rotatable bonds is 7. The van der Waals surface area contributed by atoms with Crippen LogP contribution in [-0.4, -0.2) is 0 Å². The number of benzene rings is 1. The molecule has 19 heavy (non-hydrogen) atoms. The fraction of sp³-hybridized carbons (Fsp3) is 0.500. The Hall–Kier alpha value is -0.800. The summed E-state index contributed by atoms with van der Waals surface area (Å²) in [6.45, 7) is 2.23. The van der Waals surface area contributed by atoms with Gasteiger partial charge in [-0.1, -0.05) is 51.2 Å². The van der Waals surface area contributed by atoms with Crippen LogP contribution >= 0.6 is 15.9 Å². The van der Waals surface area contributed by atoms with Gasteiger partial charge in [-0.2, -0.15) is 0 Å². The lowest BCUT2D eigenvalue weighted by atomic mass is 10.1. The number of nitrogens with two attached hydrogens (primary N) is 1. The molecule has 0 aliphatic heterocycles. The highest BCUT2D eigenvalue weighted by Gasteiger charge is 2.13. The van der Waals surface area contributed by atoms with Crippen molar-refractivity contribution in [3.63, 3.8) is 0 Å². The molecule has 1 aromatic heterocycles. The third-order valence-electron chi connectivity index (χ3n) is 3.50. The van der Waals surface area contributed by atoms with Gasteiger partial charge in [0.05, 0.1) is 10.5 Å². The van der Waals surface area contributed by atoms with Crippen LogP contribution in [0.1, 0.15) is 57.3 Å². The Labute approximate surface area is 123 Å². The monoisotopic (exact) mass is 323 g/mol. The molecule has 1 heterocycles. The maximum atomic E-state index is 6.21. The zero-order chi connectivity index (χ0) is 13.7. The number of fused-ring (bicyclic) bond motifs is 1. The highest BCUT2D eigenvalue weighted by Crippen LogP contribution is 2.30. The van der Waals surface area contributed by atoms with Crippen molar-refractivity contribution in [2.45, 2.75) is 51.5 Å². The molecule has 0 amide bonds. The summed E-state index contributed by atoms with van der Waals surface area (Å²) in [6.07, 6.45) is 7.37. The van der Waals surface area contributed by atoms with Crippen LogP contribution in [0, 0.1) is 0 Å². The average molecular weight is 324 g/mol. The van der Waals surface area contributed by atoms with Gasteiger partial charge in [0, 0.05) is 5.39 Å². The Morgan fingerprint density at radius 1 is 1.21 bits per heavy atom. The predicted molar refractivity (Wildman–Crippen MR) is 84.2 cm³/mol. The molecule has 3 heteroatoms. The third kappa shape index (κ3) is 3.83. The summed E-state index contributed by atoms with van der Waals surface area (Å²) in [6, 6.07) is 8.15. The van der Waals surface area contributed by atoms with Crippen molar-refractivity contribution in [3.8, 4) is 0 Å². The van der Waals surface area contributed by atoms with E-state index in [1.165, 1.54) is 32.1 Å². The van der Waals surface area contributed by atoms with Gasteiger partial charge in [-0.25, -0.2) is 0 Å². The number of para-hydroxylation sites is 1. The van der Waals surface area contributed by atoms with Crippen LogP contribution in [-0.2, 0) is 0 Å². The lowest BCUT2D eigenvalue weighted by molar-refractivity contribution is 0.459. The normalized spacial score (nSPS) is 13.0. The highest BCUT2D eigenvalue weighted by atomic mass is 79.9. The van der Waals surface area contributed by atoms with Crippen LogP contribution in [0.25, 0.3) is 11.0 Å². The summed E-state index contributed by atoms with van der Waals surface area (Å²) >= 11 is 3.51. The van der Waals surface area contributed by atoms with Crippen molar-refractivity contribution in [2.24, 2.45) is 5.73 Å². The third-order valence-corrected chi connectivity index (χ3v) is 4.12. The first-order chi connectivity index (χ1) is 9.22. The van der Waals surface area contributed by atoms with Gasteiger partial charge >= 0.3 is 0 Å². The molecule has 0 saturated carbocycles. The van der Waals surface area contributed by atoms with Gasteiger partial charge in [-0.3, -0.25) is 0 Å². The lowest BCUT2D eigenvalue weighted by Crippen LogP contribution is -2.08. The van der Waals surface area contributed by atoms with Gasteiger partial charge in [0.25, 0.3) is 0 Å². The Bertz CT molecular complexity index is 520. The van der Waals surface area contributed by atoms with Crippen molar-refractivity contribution in [1.82, 2.24) is 0 Å². The molecule has 0 saturated heterocycles. The largest absolute Gasteiger partial charge is 0.458 e. The molecule has 0 fully saturated rings. The molecule has 104 valence electrons. The molecule has 0 bridgehead atoms. The van der Waals surface area contributed by atoms with E-state index in [1.807, 2.05) is 12.1 Å². The second-order valence-electron chi connectivity index (χ2n) is 5.12. The average Bonchev–Trinajstić information content (AvgIpc) is 2.84. The van der Waals surface area contributed by atoms with Crippen LogP contribution in [0.2, 0.25) is 0 Å². The molecular weight excluding hydrogens is 302 g/mol. The summed E-state index contributed by atoms with van der Waals surface area (Å²) < 4.78 is 6.86. The minimum Gasteiger partial charge on any atom is -0.458 e. The summed E-state index contributed by atoms with van der Waals surface area (Å²) in [5, 5.41) is 1.12. The van der Waals surface area contributed by atoms with Crippen molar-refractivity contribution < 1.29 is 4.42 Å². The standard InChI is InChI=1S/C16H22BrNO/c1-2-3-4-5-6-10-14(18)15-11-12-8-7-9-13(17)16(12)19-15/h7-9,11,14H,2-6,10,18H2,1H3. The molecule has 0 radical (unpaired) electrons. The Balaban J connectivity index is 1.94. The van der Waals surface area contributed by atoms with Gasteiger partial charge in [-0.15, -0.1) is 0 Å². The van der Waals surface area contributed by atoms with Crippen molar-refractivity contribution in [2.75, 3.05) is 0 Å². The minimum atomic E-state index is 0.0147.